The number of amides is 1. The largest absolute Gasteiger partial charge is 0.308 e. The molecule has 30 heavy (non-hydrogen) atoms. The van der Waals surface area contributed by atoms with Crippen LogP contribution in [0.25, 0.3) is 0 Å². The standard InChI is InChI=1S/C24H24N2O3S/c1-17-8-12-23(18(2)14-17)30(28,29)25-21-10-11-22-20(15-21)9-13-24(27)26(22)16-19-6-4-3-5-7-19/h3-8,10-12,14-15,25H,9,13,16H2,1-2H3. The summed E-state index contributed by atoms with van der Waals surface area (Å²) in [6, 6.07) is 20.5. The number of aryl methyl sites for hydroxylation is 3. The Balaban J connectivity index is 1.61. The molecule has 0 spiro atoms. The fraction of sp³-hybridized carbons (Fsp3) is 0.208. The summed E-state index contributed by atoms with van der Waals surface area (Å²) in [6.07, 6.45) is 1.01. The third kappa shape index (κ3) is 4.09. The number of benzene rings is 3. The molecule has 154 valence electrons. The molecule has 0 unspecified atom stereocenters. The van der Waals surface area contributed by atoms with Gasteiger partial charge >= 0.3 is 0 Å². The van der Waals surface area contributed by atoms with Crippen LogP contribution >= 0.6 is 0 Å². The molecule has 6 heteroatoms. The molecule has 0 bridgehead atoms. The van der Waals surface area contributed by atoms with Crippen molar-refractivity contribution in [3.05, 3.63) is 89.0 Å². The first-order valence-corrected chi connectivity index (χ1v) is 11.4. The maximum atomic E-state index is 12.9. The topological polar surface area (TPSA) is 66.5 Å². The first-order chi connectivity index (χ1) is 14.3. The quantitative estimate of drug-likeness (QED) is 0.657. The van der Waals surface area contributed by atoms with Crippen LogP contribution in [0.3, 0.4) is 0 Å². The molecule has 1 amide bonds. The van der Waals surface area contributed by atoms with Crippen molar-refractivity contribution >= 4 is 27.3 Å². The van der Waals surface area contributed by atoms with E-state index >= 15 is 0 Å². The first-order valence-electron chi connectivity index (χ1n) is 9.91. The highest BCUT2D eigenvalue weighted by Gasteiger charge is 2.25. The van der Waals surface area contributed by atoms with Crippen LogP contribution in [0.1, 0.15) is 28.7 Å². The van der Waals surface area contributed by atoms with E-state index in [1.54, 1.807) is 30.0 Å². The molecule has 1 aliphatic rings. The fourth-order valence-electron chi connectivity index (χ4n) is 3.87. The monoisotopic (exact) mass is 420 g/mol. The third-order valence-electron chi connectivity index (χ3n) is 5.34. The average Bonchev–Trinajstić information content (AvgIpc) is 2.70. The molecule has 0 fully saturated rings. The summed E-state index contributed by atoms with van der Waals surface area (Å²) in [5.41, 5.74) is 5.08. The van der Waals surface area contributed by atoms with Crippen LogP contribution in [0.5, 0.6) is 0 Å². The molecule has 5 nitrogen and oxygen atoms in total. The van der Waals surface area contributed by atoms with Crippen molar-refractivity contribution < 1.29 is 13.2 Å². The zero-order valence-corrected chi connectivity index (χ0v) is 17.9. The van der Waals surface area contributed by atoms with Crippen LogP contribution in [0, 0.1) is 13.8 Å². The van der Waals surface area contributed by atoms with Gasteiger partial charge in [-0.15, -0.1) is 0 Å². The van der Waals surface area contributed by atoms with Gasteiger partial charge < -0.3 is 4.90 Å². The zero-order valence-electron chi connectivity index (χ0n) is 17.1. The molecule has 0 aromatic heterocycles. The Morgan fingerprint density at radius 3 is 2.43 bits per heavy atom. The maximum Gasteiger partial charge on any atom is 0.262 e. The van der Waals surface area contributed by atoms with Crippen LogP contribution in [-0.4, -0.2) is 14.3 Å². The lowest BCUT2D eigenvalue weighted by Crippen LogP contribution is -2.34. The van der Waals surface area contributed by atoms with Crippen LogP contribution in [-0.2, 0) is 27.8 Å². The lowest BCUT2D eigenvalue weighted by Gasteiger charge is -2.30. The first kappa shape index (κ1) is 20.2. The summed E-state index contributed by atoms with van der Waals surface area (Å²) in [5, 5.41) is 0. The number of hydrogen-bond acceptors (Lipinski definition) is 3. The predicted molar refractivity (Wildman–Crippen MR) is 119 cm³/mol. The summed E-state index contributed by atoms with van der Waals surface area (Å²) in [5.74, 6) is 0.0787. The van der Waals surface area contributed by atoms with Crippen molar-refractivity contribution in [2.45, 2.75) is 38.1 Å². The van der Waals surface area contributed by atoms with Crippen LogP contribution in [0.15, 0.2) is 71.6 Å². The number of fused-ring (bicyclic) bond motifs is 1. The highest BCUT2D eigenvalue weighted by Crippen LogP contribution is 2.32. The van der Waals surface area contributed by atoms with Gasteiger partial charge in [-0.1, -0.05) is 48.0 Å². The Morgan fingerprint density at radius 1 is 0.933 bits per heavy atom. The Bertz CT molecular complexity index is 1200. The summed E-state index contributed by atoms with van der Waals surface area (Å²) in [7, 11) is -3.69. The lowest BCUT2D eigenvalue weighted by atomic mass is 10.00. The van der Waals surface area contributed by atoms with E-state index in [9.17, 15) is 13.2 Å². The summed E-state index contributed by atoms with van der Waals surface area (Å²) < 4.78 is 28.5. The number of rotatable bonds is 5. The van der Waals surface area contributed by atoms with Gasteiger partial charge in [0.25, 0.3) is 10.0 Å². The van der Waals surface area contributed by atoms with Crippen molar-refractivity contribution in [1.82, 2.24) is 0 Å². The Kier molecular flexibility index (Phi) is 5.35. The van der Waals surface area contributed by atoms with Gasteiger partial charge in [0.15, 0.2) is 0 Å². The number of nitrogens with one attached hydrogen (secondary N) is 1. The van der Waals surface area contributed by atoms with E-state index in [0.29, 0.717) is 30.6 Å². The van der Waals surface area contributed by atoms with Crippen LogP contribution in [0.4, 0.5) is 11.4 Å². The predicted octanol–water partition coefficient (Wildman–Crippen LogP) is 4.58. The average molecular weight is 421 g/mol. The van der Waals surface area contributed by atoms with E-state index in [1.807, 2.05) is 55.5 Å². The second-order valence-electron chi connectivity index (χ2n) is 7.68. The van der Waals surface area contributed by atoms with Crippen molar-refractivity contribution in [2.24, 2.45) is 0 Å². The van der Waals surface area contributed by atoms with E-state index in [4.69, 9.17) is 0 Å². The fourth-order valence-corrected chi connectivity index (χ4v) is 5.15. The molecule has 1 heterocycles. The van der Waals surface area contributed by atoms with Gasteiger partial charge in [0, 0.05) is 17.8 Å². The van der Waals surface area contributed by atoms with E-state index in [-0.39, 0.29) is 10.8 Å². The number of nitrogens with zero attached hydrogens (tertiary/aromatic N) is 1. The number of hydrogen-bond donors (Lipinski definition) is 1. The van der Waals surface area contributed by atoms with E-state index in [2.05, 4.69) is 4.72 Å². The van der Waals surface area contributed by atoms with Crippen molar-refractivity contribution in [3.8, 4) is 0 Å². The normalized spacial score (nSPS) is 13.8. The minimum atomic E-state index is -3.69. The third-order valence-corrected chi connectivity index (χ3v) is 6.88. The smallest absolute Gasteiger partial charge is 0.262 e. The number of carbonyl (C=O) groups excluding carboxylic acids is 1. The molecule has 3 aromatic carbocycles. The SMILES string of the molecule is Cc1ccc(S(=O)(=O)Nc2ccc3c(c2)CCC(=O)N3Cc2ccccc2)c(C)c1. The van der Waals surface area contributed by atoms with Gasteiger partial charge in [-0.25, -0.2) is 8.42 Å². The van der Waals surface area contributed by atoms with Crippen molar-refractivity contribution in [1.29, 1.82) is 0 Å². The van der Waals surface area contributed by atoms with Crippen LogP contribution < -0.4 is 9.62 Å². The molecule has 1 N–H and O–H groups in total. The second kappa shape index (κ2) is 7.95. The van der Waals surface area contributed by atoms with E-state index < -0.39 is 10.0 Å². The van der Waals surface area contributed by atoms with Gasteiger partial charge in [-0.3, -0.25) is 9.52 Å². The molecule has 4 rings (SSSR count). The summed E-state index contributed by atoms with van der Waals surface area (Å²) >= 11 is 0. The highest BCUT2D eigenvalue weighted by molar-refractivity contribution is 7.92. The van der Waals surface area contributed by atoms with Crippen molar-refractivity contribution in [3.63, 3.8) is 0 Å². The van der Waals surface area contributed by atoms with Crippen LogP contribution in [0.2, 0.25) is 0 Å². The van der Waals surface area contributed by atoms with Gasteiger partial charge in [-0.2, -0.15) is 0 Å². The molecule has 3 aromatic rings. The highest BCUT2D eigenvalue weighted by atomic mass is 32.2. The zero-order chi connectivity index (χ0) is 21.3. The lowest BCUT2D eigenvalue weighted by molar-refractivity contribution is -0.119. The van der Waals surface area contributed by atoms with Gasteiger partial charge in [0.05, 0.1) is 11.4 Å². The maximum absolute atomic E-state index is 12.9. The van der Waals surface area contributed by atoms with Gasteiger partial charge in [0.1, 0.15) is 0 Å². The molecule has 0 atom stereocenters. The Labute approximate surface area is 177 Å². The summed E-state index contributed by atoms with van der Waals surface area (Å²) in [4.78, 5) is 14.6. The minimum absolute atomic E-state index is 0.0787. The Hall–Kier alpha value is -3.12. The molecule has 0 saturated carbocycles. The molecule has 0 aliphatic carbocycles. The molecular weight excluding hydrogens is 396 g/mol. The number of sulfonamides is 1. The molecule has 0 saturated heterocycles. The second-order valence-corrected chi connectivity index (χ2v) is 9.33. The minimum Gasteiger partial charge on any atom is -0.308 e. The van der Waals surface area contributed by atoms with Gasteiger partial charge in [-0.05, 0) is 61.2 Å². The molecule has 0 radical (unpaired) electrons. The molecule has 1 aliphatic heterocycles. The number of carbonyl (C=O) groups is 1. The summed E-state index contributed by atoms with van der Waals surface area (Å²) in [6.45, 7) is 4.23. The number of anilines is 2. The Morgan fingerprint density at radius 2 is 1.70 bits per heavy atom. The van der Waals surface area contributed by atoms with Crippen molar-refractivity contribution in [2.75, 3.05) is 9.62 Å². The van der Waals surface area contributed by atoms with E-state index in [0.717, 1.165) is 22.4 Å². The van der Waals surface area contributed by atoms with Gasteiger partial charge in [0.2, 0.25) is 5.91 Å². The van der Waals surface area contributed by atoms with E-state index in [1.165, 1.54) is 0 Å². The molecular formula is C24H24N2O3S.